The van der Waals surface area contributed by atoms with Crippen LogP contribution in [-0.2, 0) is 4.79 Å². The Hall–Kier alpha value is -3.79. The average Bonchev–Trinajstić information content (AvgIpc) is 3.34. The van der Waals surface area contributed by atoms with Crippen molar-refractivity contribution in [3.8, 4) is 5.82 Å². The standard InChI is InChI=1S/C22H24FN7O2/c1-16(21(31)26-18-5-2-4-17(23)14-18)28-10-12-29(13-11-28)22(32)27-19-6-7-20(24-15-19)30-9-3-8-25-30/h2-9,14-16H,10-13H2,1H3,(H,26,31)(H,27,32). The fourth-order valence-corrected chi connectivity index (χ4v) is 3.49. The summed E-state index contributed by atoms with van der Waals surface area (Å²) < 4.78 is 15.0. The van der Waals surface area contributed by atoms with E-state index in [4.69, 9.17) is 0 Å². The van der Waals surface area contributed by atoms with E-state index in [1.807, 2.05) is 11.0 Å². The molecule has 1 fully saturated rings. The Morgan fingerprint density at radius 1 is 1.03 bits per heavy atom. The molecular weight excluding hydrogens is 413 g/mol. The number of aromatic nitrogens is 3. The zero-order valence-electron chi connectivity index (χ0n) is 17.6. The molecule has 0 radical (unpaired) electrons. The number of halogens is 1. The van der Waals surface area contributed by atoms with Crippen molar-refractivity contribution in [1.82, 2.24) is 24.6 Å². The van der Waals surface area contributed by atoms with E-state index in [0.29, 0.717) is 43.4 Å². The molecule has 166 valence electrons. The Labute approximate surface area is 184 Å². The molecule has 1 aromatic carbocycles. The highest BCUT2D eigenvalue weighted by Crippen LogP contribution is 2.14. The number of piperazine rings is 1. The van der Waals surface area contributed by atoms with E-state index in [0.717, 1.165) is 0 Å². The summed E-state index contributed by atoms with van der Waals surface area (Å²) in [6.45, 7) is 3.89. The van der Waals surface area contributed by atoms with Crippen LogP contribution in [0.1, 0.15) is 6.92 Å². The minimum atomic E-state index is -0.402. The molecule has 3 aromatic rings. The van der Waals surface area contributed by atoms with Crippen molar-refractivity contribution >= 4 is 23.3 Å². The number of anilines is 2. The Balaban J connectivity index is 1.26. The molecule has 2 N–H and O–H groups in total. The quantitative estimate of drug-likeness (QED) is 0.640. The maximum absolute atomic E-state index is 13.3. The van der Waals surface area contributed by atoms with Crippen molar-refractivity contribution < 1.29 is 14.0 Å². The van der Waals surface area contributed by atoms with Gasteiger partial charge in [-0.3, -0.25) is 9.69 Å². The Kier molecular flexibility index (Phi) is 6.41. The first kappa shape index (κ1) is 21.4. The summed E-state index contributed by atoms with van der Waals surface area (Å²) in [6.07, 6.45) is 5.05. The van der Waals surface area contributed by atoms with Crippen LogP contribution >= 0.6 is 0 Å². The number of benzene rings is 1. The Morgan fingerprint density at radius 3 is 2.50 bits per heavy atom. The molecule has 1 aliphatic rings. The second-order valence-electron chi connectivity index (χ2n) is 7.48. The SMILES string of the molecule is CC(C(=O)Nc1cccc(F)c1)N1CCN(C(=O)Nc2ccc(-n3cccn3)nc2)CC1. The lowest BCUT2D eigenvalue weighted by Crippen LogP contribution is -2.54. The molecule has 1 atom stereocenters. The number of hydrogen-bond acceptors (Lipinski definition) is 5. The Bertz CT molecular complexity index is 1060. The molecule has 0 bridgehead atoms. The first-order valence-corrected chi connectivity index (χ1v) is 10.3. The fourth-order valence-electron chi connectivity index (χ4n) is 3.49. The predicted molar refractivity (Wildman–Crippen MR) is 118 cm³/mol. The van der Waals surface area contributed by atoms with Crippen LogP contribution in [-0.4, -0.2) is 68.7 Å². The third kappa shape index (κ3) is 5.09. The predicted octanol–water partition coefficient (Wildman–Crippen LogP) is 2.58. The van der Waals surface area contributed by atoms with Crippen LogP contribution in [0, 0.1) is 5.82 Å². The molecule has 1 saturated heterocycles. The van der Waals surface area contributed by atoms with Crippen molar-refractivity contribution in [1.29, 1.82) is 0 Å². The van der Waals surface area contributed by atoms with Crippen LogP contribution < -0.4 is 10.6 Å². The van der Waals surface area contributed by atoms with Crippen LogP contribution in [0.4, 0.5) is 20.6 Å². The number of pyridine rings is 1. The van der Waals surface area contributed by atoms with E-state index < -0.39 is 11.9 Å². The van der Waals surface area contributed by atoms with Gasteiger partial charge in [-0.15, -0.1) is 0 Å². The highest BCUT2D eigenvalue weighted by Gasteiger charge is 2.27. The molecule has 0 saturated carbocycles. The summed E-state index contributed by atoms with van der Waals surface area (Å²) in [6, 6.07) is 10.5. The molecular formula is C22H24FN7O2. The molecule has 32 heavy (non-hydrogen) atoms. The van der Waals surface area contributed by atoms with E-state index in [2.05, 4.69) is 20.7 Å². The highest BCUT2D eigenvalue weighted by atomic mass is 19.1. The van der Waals surface area contributed by atoms with Crippen molar-refractivity contribution in [2.75, 3.05) is 36.8 Å². The zero-order valence-corrected chi connectivity index (χ0v) is 17.6. The lowest BCUT2D eigenvalue weighted by molar-refractivity contribution is -0.121. The molecule has 10 heteroatoms. The molecule has 9 nitrogen and oxygen atoms in total. The van der Waals surface area contributed by atoms with Gasteiger partial charge in [-0.25, -0.2) is 18.9 Å². The van der Waals surface area contributed by atoms with E-state index in [-0.39, 0.29) is 11.9 Å². The van der Waals surface area contributed by atoms with Gasteiger partial charge in [0.05, 0.1) is 17.9 Å². The summed E-state index contributed by atoms with van der Waals surface area (Å²) in [5.41, 5.74) is 1.02. The first-order chi connectivity index (χ1) is 15.5. The number of rotatable bonds is 5. The van der Waals surface area contributed by atoms with Crippen LogP contribution in [0.25, 0.3) is 5.82 Å². The van der Waals surface area contributed by atoms with Crippen LogP contribution in [0.2, 0.25) is 0 Å². The van der Waals surface area contributed by atoms with Crippen molar-refractivity contribution in [3.05, 3.63) is 66.9 Å². The zero-order chi connectivity index (χ0) is 22.5. The summed E-state index contributed by atoms with van der Waals surface area (Å²) in [5.74, 6) is 0.0465. The molecule has 1 aliphatic heterocycles. The van der Waals surface area contributed by atoms with Gasteiger partial charge in [0, 0.05) is 44.3 Å². The number of carbonyl (C=O) groups is 2. The van der Waals surface area contributed by atoms with Crippen LogP contribution in [0.15, 0.2) is 61.1 Å². The third-order valence-corrected chi connectivity index (χ3v) is 5.36. The molecule has 0 aliphatic carbocycles. The van der Waals surface area contributed by atoms with Gasteiger partial charge in [0.1, 0.15) is 5.82 Å². The maximum atomic E-state index is 13.3. The maximum Gasteiger partial charge on any atom is 0.321 e. The average molecular weight is 437 g/mol. The van der Waals surface area contributed by atoms with E-state index in [9.17, 15) is 14.0 Å². The number of hydrogen-bond donors (Lipinski definition) is 2. The second-order valence-corrected chi connectivity index (χ2v) is 7.48. The van der Waals surface area contributed by atoms with Gasteiger partial charge in [-0.2, -0.15) is 5.10 Å². The minimum Gasteiger partial charge on any atom is -0.325 e. The van der Waals surface area contributed by atoms with Gasteiger partial charge in [0.15, 0.2) is 5.82 Å². The second kappa shape index (κ2) is 9.56. The minimum absolute atomic E-state index is 0.211. The molecule has 4 rings (SSSR count). The van der Waals surface area contributed by atoms with Crippen molar-refractivity contribution in [2.24, 2.45) is 0 Å². The lowest BCUT2D eigenvalue weighted by Gasteiger charge is -2.37. The Morgan fingerprint density at radius 2 is 1.84 bits per heavy atom. The van der Waals surface area contributed by atoms with Gasteiger partial charge >= 0.3 is 6.03 Å². The summed E-state index contributed by atoms with van der Waals surface area (Å²) in [7, 11) is 0. The third-order valence-electron chi connectivity index (χ3n) is 5.36. The van der Waals surface area contributed by atoms with E-state index in [1.54, 1.807) is 59.4 Å². The molecule has 3 heterocycles. The van der Waals surface area contributed by atoms with E-state index >= 15 is 0 Å². The van der Waals surface area contributed by atoms with Gasteiger partial charge in [0.25, 0.3) is 0 Å². The fraction of sp³-hybridized carbons (Fsp3) is 0.273. The van der Waals surface area contributed by atoms with Gasteiger partial charge in [0.2, 0.25) is 5.91 Å². The topological polar surface area (TPSA) is 95.4 Å². The van der Waals surface area contributed by atoms with E-state index in [1.165, 1.54) is 12.1 Å². The lowest BCUT2D eigenvalue weighted by atomic mass is 10.2. The van der Waals surface area contributed by atoms with Crippen molar-refractivity contribution in [2.45, 2.75) is 13.0 Å². The molecule has 3 amide bonds. The van der Waals surface area contributed by atoms with Gasteiger partial charge in [-0.1, -0.05) is 6.07 Å². The summed E-state index contributed by atoms with van der Waals surface area (Å²) >= 11 is 0. The van der Waals surface area contributed by atoms with Crippen molar-refractivity contribution in [3.63, 3.8) is 0 Å². The van der Waals surface area contributed by atoms with Gasteiger partial charge in [-0.05, 0) is 43.3 Å². The largest absolute Gasteiger partial charge is 0.325 e. The van der Waals surface area contributed by atoms with Crippen LogP contribution in [0.3, 0.4) is 0 Å². The summed E-state index contributed by atoms with van der Waals surface area (Å²) in [4.78, 5) is 33.1. The summed E-state index contributed by atoms with van der Waals surface area (Å²) in [5, 5.41) is 9.70. The molecule has 1 unspecified atom stereocenters. The number of urea groups is 1. The highest BCUT2D eigenvalue weighted by molar-refractivity contribution is 5.94. The van der Waals surface area contributed by atoms with Gasteiger partial charge < -0.3 is 15.5 Å². The monoisotopic (exact) mass is 437 g/mol. The number of nitrogens with one attached hydrogen (secondary N) is 2. The number of carbonyl (C=O) groups excluding carboxylic acids is 2. The first-order valence-electron chi connectivity index (χ1n) is 10.3. The number of amides is 3. The van der Waals surface area contributed by atoms with Crippen LogP contribution in [0.5, 0.6) is 0 Å². The molecule has 0 spiro atoms. The molecule has 2 aromatic heterocycles. The number of nitrogens with zero attached hydrogens (tertiary/aromatic N) is 5. The normalized spacial score (nSPS) is 15.2. The smallest absolute Gasteiger partial charge is 0.321 e.